The minimum atomic E-state index is 0.711. The highest BCUT2D eigenvalue weighted by atomic mass is 79.9. The Bertz CT molecular complexity index is 308. The van der Waals surface area contributed by atoms with Crippen LogP contribution in [0.2, 0.25) is 0 Å². The molecule has 0 aliphatic heterocycles. The van der Waals surface area contributed by atoms with Gasteiger partial charge in [-0.05, 0) is 58.7 Å². The Morgan fingerprint density at radius 2 is 2.29 bits per heavy atom. The van der Waals surface area contributed by atoms with Crippen molar-refractivity contribution in [2.45, 2.75) is 31.0 Å². The normalized spacial score (nSPS) is 32.4. The first-order valence-corrected chi connectivity index (χ1v) is 6.74. The van der Waals surface area contributed by atoms with Crippen LogP contribution in [0.25, 0.3) is 0 Å². The van der Waals surface area contributed by atoms with Crippen molar-refractivity contribution in [1.29, 1.82) is 0 Å². The van der Waals surface area contributed by atoms with E-state index >= 15 is 0 Å². The number of hydrogen-bond donors (Lipinski definition) is 0. The minimum absolute atomic E-state index is 0.711. The molecule has 1 aromatic heterocycles. The molecular weight excluding hydrogens is 308 g/mol. The fraction of sp³-hybridized carbons (Fsp3) is 0.636. The molecule has 3 atom stereocenters. The number of furan rings is 1. The lowest BCUT2D eigenvalue weighted by atomic mass is 9.92. The third-order valence-corrected chi connectivity index (χ3v) is 4.95. The van der Waals surface area contributed by atoms with E-state index < -0.39 is 0 Å². The van der Waals surface area contributed by atoms with Gasteiger partial charge in [0.15, 0.2) is 4.67 Å². The summed E-state index contributed by atoms with van der Waals surface area (Å²) in [6.45, 7) is 2.34. The number of rotatable bonds is 2. The van der Waals surface area contributed by atoms with E-state index in [1.807, 2.05) is 6.26 Å². The highest BCUT2D eigenvalue weighted by Crippen LogP contribution is 2.38. The summed E-state index contributed by atoms with van der Waals surface area (Å²) in [5, 5.41) is 0. The van der Waals surface area contributed by atoms with Crippen molar-refractivity contribution in [2.24, 2.45) is 11.8 Å². The standard InChI is InChI=1S/C11H14Br2O/c1-7-9(2-3-10(7)12)4-8-5-11(13)14-6-8/h5-7,9-10H,2-4H2,1H3. The van der Waals surface area contributed by atoms with Gasteiger partial charge < -0.3 is 4.42 Å². The van der Waals surface area contributed by atoms with E-state index in [9.17, 15) is 0 Å². The van der Waals surface area contributed by atoms with Gasteiger partial charge >= 0.3 is 0 Å². The second-order valence-corrected chi connectivity index (χ2v) is 6.13. The zero-order chi connectivity index (χ0) is 10.1. The average molecular weight is 322 g/mol. The van der Waals surface area contributed by atoms with E-state index in [4.69, 9.17) is 4.42 Å². The maximum Gasteiger partial charge on any atom is 0.169 e. The van der Waals surface area contributed by atoms with Crippen LogP contribution in [0.4, 0.5) is 0 Å². The molecule has 0 radical (unpaired) electrons. The van der Waals surface area contributed by atoms with Gasteiger partial charge in [-0.1, -0.05) is 22.9 Å². The van der Waals surface area contributed by atoms with Gasteiger partial charge in [0.25, 0.3) is 0 Å². The van der Waals surface area contributed by atoms with Gasteiger partial charge in [0, 0.05) is 4.83 Å². The van der Waals surface area contributed by atoms with Gasteiger partial charge in [0.05, 0.1) is 6.26 Å². The van der Waals surface area contributed by atoms with Crippen LogP contribution in [0.1, 0.15) is 25.3 Å². The molecule has 3 unspecified atom stereocenters. The molecule has 1 aliphatic carbocycles. The van der Waals surface area contributed by atoms with Crippen LogP contribution < -0.4 is 0 Å². The molecule has 1 fully saturated rings. The van der Waals surface area contributed by atoms with E-state index in [-0.39, 0.29) is 0 Å². The maximum absolute atomic E-state index is 5.24. The molecule has 1 aliphatic rings. The molecule has 1 nitrogen and oxygen atoms in total. The molecule has 0 aromatic carbocycles. The van der Waals surface area contributed by atoms with E-state index in [0.29, 0.717) is 4.83 Å². The van der Waals surface area contributed by atoms with Crippen molar-refractivity contribution >= 4 is 31.9 Å². The van der Waals surface area contributed by atoms with Gasteiger partial charge in [0.1, 0.15) is 0 Å². The van der Waals surface area contributed by atoms with Gasteiger partial charge in [-0.2, -0.15) is 0 Å². The van der Waals surface area contributed by atoms with Gasteiger partial charge in [-0.25, -0.2) is 0 Å². The fourth-order valence-electron chi connectivity index (χ4n) is 2.24. The Morgan fingerprint density at radius 3 is 2.79 bits per heavy atom. The summed E-state index contributed by atoms with van der Waals surface area (Å²) in [4.78, 5) is 0.711. The molecule has 1 aromatic rings. The second-order valence-electron chi connectivity index (χ2n) is 4.18. The number of halogens is 2. The Balaban J connectivity index is 1.98. The lowest BCUT2D eigenvalue weighted by molar-refractivity contribution is 0.421. The van der Waals surface area contributed by atoms with Crippen molar-refractivity contribution in [1.82, 2.24) is 0 Å². The summed E-state index contributed by atoms with van der Waals surface area (Å²) in [6, 6.07) is 2.08. The van der Waals surface area contributed by atoms with Crippen molar-refractivity contribution in [3.63, 3.8) is 0 Å². The minimum Gasteiger partial charge on any atom is -0.457 e. The van der Waals surface area contributed by atoms with Crippen LogP contribution in [0.15, 0.2) is 21.4 Å². The SMILES string of the molecule is CC1C(Br)CCC1Cc1coc(Br)c1. The molecule has 0 bridgehead atoms. The third-order valence-electron chi connectivity index (χ3n) is 3.25. The van der Waals surface area contributed by atoms with Crippen molar-refractivity contribution < 1.29 is 4.42 Å². The van der Waals surface area contributed by atoms with Gasteiger partial charge in [0.2, 0.25) is 0 Å². The highest BCUT2D eigenvalue weighted by molar-refractivity contribution is 9.10. The lowest BCUT2D eigenvalue weighted by Gasteiger charge is -2.15. The zero-order valence-corrected chi connectivity index (χ0v) is 11.3. The smallest absolute Gasteiger partial charge is 0.169 e. The largest absolute Gasteiger partial charge is 0.457 e. The zero-order valence-electron chi connectivity index (χ0n) is 8.17. The Kier molecular flexibility index (Phi) is 3.38. The monoisotopic (exact) mass is 320 g/mol. The Hall–Kier alpha value is 0.240. The van der Waals surface area contributed by atoms with E-state index in [1.165, 1.54) is 18.4 Å². The molecule has 1 saturated carbocycles. The van der Waals surface area contributed by atoms with Crippen LogP contribution >= 0.6 is 31.9 Å². The molecule has 0 spiro atoms. The molecular formula is C11H14Br2O. The van der Waals surface area contributed by atoms with Crippen molar-refractivity contribution in [3.05, 3.63) is 22.6 Å². The average Bonchev–Trinajstić information content (AvgIpc) is 2.67. The maximum atomic E-state index is 5.24. The topological polar surface area (TPSA) is 13.1 Å². The summed E-state index contributed by atoms with van der Waals surface area (Å²) in [6.07, 6.45) is 5.65. The van der Waals surface area contributed by atoms with Crippen molar-refractivity contribution in [2.75, 3.05) is 0 Å². The molecule has 2 rings (SSSR count). The summed E-state index contributed by atoms with van der Waals surface area (Å²) in [5.41, 5.74) is 1.32. The molecule has 0 amide bonds. The molecule has 14 heavy (non-hydrogen) atoms. The first kappa shape index (κ1) is 10.7. The van der Waals surface area contributed by atoms with Crippen LogP contribution in [-0.2, 0) is 6.42 Å². The quantitative estimate of drug-likeness (QED) is 0.736. The predicted molar refractivity (Wildman–Crippen MR) is 64.7 cm³/mol. The number of alkyl halides is 1. The summed E-state index contributed by atoms with van der Waals surface area (Å²) in [5.74, 6) is 1.59. The molecule has 3 heteroatoms. The van der Waals surface area contributed by atoms with E-state index in [0.717, 1.165) is 22.9 Å². The van der Waals surface area contributed by atoms with E-state index in [1.54, 1.807) is 0 Å². The fourth-order valence-corrected chi connectivity index (χ4v) is 3.32. The molecule has 78 valence electrons. The lowest BCUT2D eigenvalue weighted by Crippen LogP contribution is -2.12. The molecule has 0 N–H and O–H groups in total. The second kappa shape index (κ2) is 4.40. The van der Waals surface area contributed by atoms with Crippen LogP contribution in [0.3, 0.4) is 0 Å². The van der Waals surface area contributed by atoms with Crippen LogP contribution in [0.5, 0.6) is 0 Å². The van der Waals surface area contributed by atoms with Crippen LogP contribution in [0, 0.1) is 11.8 Å². The first-order chi connectivity index (χ1) is 6.66. The number of hydrogen-bond acceptors (Lipinski definition) is 1. The summed E-state index contributed by atoms with van der Waals surface area (Å²) >= 11 is 7.06. The predicted octanol–water partition coefficient (Wildman–Crippen LogP) is 4.39. The van der Waals surface area contributed by atoms with Crippen LogP contribution in [-0.4, -0.2) is 4.83 Å². The van der Waals surface area contributed by atoms with Crippen molar-refractivity contribution in [3.8, 4) is 0 Å². The van der Waals surface area contributed by atoms with Gasteiger partial charge in [-0.3, -0.25) is 0 Å². The highest BCUT2D eigenvalue weighted by Gasteiger charge is 2.30. The molecule has 0 saturated heterocycles. The van der Waals surface area contributed by atoms with E-state index in [2.05, 4.69) is 44.8 Å². The summed E-state index contributed by atoms with van der Waals surface area (Å²) < 4.78 is 6.08. The summed E-state index contributed by atoms with van der Waals surface area (Å²) in [7, 11) is 0. The third kappa shape index (κ3) is 2.25. The Labute approximate surface area is 102 Å². The first-order valence-electron chi connectivity index (χ1n) is 5.04. The molecule has 1 heterocycles. The Morgan fingerprint density at radius 1 is 1.50 bits per heavy atom. The van der Waals surface area contributed by atoms with Gasteiger partial charge in [-0.15, -0.1) is 0 Å².